The van der Waals surface area contributed by atoms with Gasteiger partial charge in [-0.05, 0) is 26.5 Å². The maximum Gasteiger partial charge on any atom is 0.222 e. The molecule has 1 aliphatic rings. The van der Waals surface area contributed by atoms with Gasteiger partial charge in [0.2, 0.25) is 5.91 Å². The SMILES string of the molecule is CNC(CN1CCCC1=O)c1cc(C)ccc1OC. The summed E-state index contributed by atoms with van der Waals surface area (Å²) in [7, 11) is 3.61. The summed E-state index contributed by atoms with van der Waals surface area (Å²) in [6, 6.07) is 6.26. The quantitative estimate of drug-likeness (QED) is 0.881. The molecule has 19 heavy (non-hydrogen) atoms. The highest BCUT2D eigenvalue weighted by Crippen LogP contribution is 2.27. The molecule has 1 unspecified atom stereocenters. The van der Waals surface area contributed by atoms with E-state index in [0.717, 1.165) is 24.3 Å². The summed E-state index contributed by atoms with van der Waals surface area (Å²) in [6.45, 7) is 3.64. The molecule has 1 N–H and O–H groups in total. The van der Waals surface area contributed by atoms with Crippen LogP contribution in [-0.4, -0.2) is 38.1 Å². The van der Waals surface area contributed by atoms with E-state index in [1.807, 2.05) is 24.1 Å². The molecule has 4 heteroatoms. The Morgan fingerprint density at radius 2 is 2.26 bits per heavy atom. The van der Waals surface area contributed by atoms with Gasteiger partial charge in [0.1, 0.15) is 5.75 Å². The minimum atomic E-state index is 0.108. The number of likely N-dealkylation sites (tertiary alicyclic amines) is 1. The van der Waals surface area contributed by atoms with Crippen LogP contribution in [0.25, 0.3) is 0 Å². The van der Waals surface area contributed by atoms with Crippen molar-refractivity contribution >= 4 is 5.91 Å². The lowest BCUT2D eigenvalue weighted by molar-refractivity contribution is -0.128. The fourth-order valence-corrected chi connectivity index (χ4v) is 2.59. The van der Waals surface area contributed by atoms with Gasteiger partial charge in [-0.3, -0.25) is 4.79 Å². The second-order valence-corrected chi connectivity index (χ2v) is 5.03. The number of hydrogen-bond acceptors (Lipinski definition) is 3. The van der Waals surface area contributed by atoms with Gasteiger partial charge in [0.05, 0.1) is 13.2 Å². The summed E-state index contributed by atoms with van der Waals surface area (Å²) in [5.74, 6) is 1.13. The number of nitrogens with one attached hydrogen (secondary N) is 1. The van der Waals surface area contributed by atoms with E-state index >= 15 is 0 Å². The third-order valence-corrected chi connectivity index (χ3v) is 3.68. The predicted octanol–water partition coefficient (Wildman–Crippen LogP) is 1.89. The second-order valence-electron chi connectivity index (χ2n) is 5.03. The van der Waals surface area contributed by atoms with E-state index < -0.39 is 0 Å². The van der Waals surface area contributed by atoms with Gasteiger partial charge >= 0.3 is 0 Å². The second kappa shape index (κ2) is 6.06. The standard InChI is InChI=1S/C15H22N2O2/c1-11-6-7-14(19-3)12(9-11)13(16-2)10-17-8-4-5-15(17)18/h6-7,9,13,16H,4-5,8,10H2,1-3H3. The minimum Gasteiger partial charge on any atom is -0.496 e. The van der Waals surface area contributed by atoms with Gasteiger partial charge in [-0.2, -0.15) is 0 Å². The van der Waals surface area contributed by atoms with Crippen molar-refractivity contribution in [3.8, 4) is 5.75 Å². The lowest BCUT2D eigenvalue weighted by Crippen LogP contribution is -2.34. The number of ether oxygens (including phenoxy) is 1. The van der Waals surface area contributed by atoms with Crippen LogP contribution in [-0.2, 0) is 4.79 Å². The van der Waals surface area contributed by atoms with E-state index in [1.165, 1.54) is 5.56 Å². The summed E-state index contributed by atoms with van der Waals surface area (Å²) in [5.41, 5.74) is 2.31. The minimum absolute atomic E-state index is 0.108. The highest BCUT2D eigenvalue weighted by Gasteiger charge is 2.25. The number of likely N-dealkylation sites (N-methyl/N-ethyl adjacent to an activating group) is 1. The summed E-state index contributed by atoms with van der Waals surface area (Å²) < 4.78 is 5.43. The Labute approximate surface area is 114 Å². The first-order valence-electron chi connectivity index (χ1n) is 6.75. The molecular formula is C15H22N2O2. The van der Waals surface area contributed by atoms with Crippen LogP contribution in [0.15, 0.2) is 18.2 Å². The number of hydrogen-bond donors (Lipinski definition) is 1. The topological polar surface area (TPSA) is 41.6 Å². The Balaban J connectivity index is 2.21. The highest BCUT2D eigenvalue weighted by molar-refractivity contribution is 5.78. The van der Waals surface area contributed by atoms with Crippen molar-refractivity contribution in [1.82, 2.24) is 10.2 Å². The molecule has 0 bridgehead atoms. The molecule has 4 nitrogen and oxygen atoms in total. The first-order chi connectivity index (χ1) is 9.15. The first kappa shape index (κ1) is 13.9. The number of aryl methyl sites for hydroxylation is 1. The average molecular weight is 262 g/mol. The van der Waals surface area contributed by atoms with E-state index in [9.17, 15) is 4.79 Å². The zero-order chi connectivity index (χ0) is 13.8. The predicted molar refractivity (Wildman–Crippen MR) is 75.3 cm³/mol. The van der Waals surface area contributed by atoms with Crippen LogP contribution >= 0.6 is 0 Å². The molecule has 1 aliphatic heterocycles. The smallest absolute Gasteiger partial charge is 0.222 e. The molecule has 1 amide bonds. The van der Waals surface area contributed by atoms with Crippen LogP contribution < -0.4 is 10.1 Å². The normalized spacial score (nSPS) is 16.8. The van der Waals surface area contributed by atoms with Crippen molar-refractivity contribution in [3.05, 3.63) is 29.3 Å². The largest absolute Gasteiger partial charge is 0.496 e. The van der Waals surface area contributed by atoms with Crippen LogP contribution in [0.2, 0.25) is 0 Å². The van der Waals surface area contributed by atoms with Gasteiger partial charge in [0.15, 0.2) is 0 Å². The van der Waals surface area contributed by atoms with Crippen molar-refractivity contribution in [1.29, 1.82) is 0 Å². The van der Waals surface area contributed by atoms with E-state index in [4.69, 9.17) is 4.74 Å². The maximum absolute atomic E-state index is 11.7. The number of amides is 1. The molecule has 0 saturated carbocycles. The monoisotopic (exact) mass is 262 g/mol. The first-order valence-corrected chi connectivity index (χ1v) is 6.75. The molecule has 1 atom stereocenters. The number of methoxy groups -OCH3 is 1. The van der Waals surface area contributed by atoms with Crippen molar-refractivity contribution < 1.29 is 9.53 Å². The third kappa shape index (κ3) is 3.07. The van der Waals surface area contributed by atoms with Gasteiger partial charge in [0.25, 0.3) is 0 Å². The summed E-state index contributed by atoms with van der Waals surface area (Å²) in [4.78, 5) is 13.7. The van der Waals surface area contributed by atoms with E-state index in [1.54, 1.807) is 7.11 Å². The van der Waals surface area contributed by atoms with Crippen LogP contribution in [0.3, 0.4) is 0 Å². The van der Waals surface area contributed by atoms with E-state index in [-0.39, 0.29) is 11.9 Å². The molecule has 0 aromatic heterocycles. The number of carbonyl (C=O) groups excluding carboxylic acids is 1. The van der Waals surface area contributed by atoms with Crippen LogP contribution in [0.5, 0.6) is 5.75 Å². The molecule has 2 rings (SSSR count). The Morgan fingerprint density at radius 3 is 2.84 bits per heavy atom. The zero-order valence-corrected chi connectivity index (χ0v) is 11.9. The molecule has 1 aromatic rings. The molecule has 1 aromatic carbocycles. The number of rotatable bonds is 5. The Morgan fingerprint density at radius 1 is 1.47 bits per heavy atom. The summed E-state index contributed by atoms with van der Waals surface area (Å²) in [6.07, 6.45) is 1.65. The van der Waals surface area contributed by atoms with E-state index in [2.05, 4.69) is 18.3 Å². The van der Waals surface area contributed by atoms with Crippen molar-refractivity contribution in [2.75, 3.05) is 27.2 Å². The zero-order valence-electron chi connectivity index (χ0n) is 11.9. The lowest BCUT2D eigenvalue weighted by Gasteiger charge is -2.25. The Kier molecular flexibility index (Phi) is 4.43. The molecule has 0 radical (unpaired) electrons. The van der Waals surface area contributed by atoms with Crippen molar-refractivity contribution in [3.63, 3.8) is 0 Å². The lowest BCUT2D eigenvalue weighted by atomic mass is 10.0. The van der Waals surface area contributed by atoms with Gasteiger partial charge in [0, 0.05) is 25.1 Å². The molecule has 1 saturated heterocycles. The number of nitrogens with zero attached hydrogens (tertiary/aromatic N) is 1. The van der Waals surface area contributed by atoms with Crippen LogP contribution in [0.1, 0.15) is 30.0 Å². The molecule has 1 heterocycles. The fraction of sp³-hybridized carbons (Fsp3) is 0.533. The summed E-state index contributed by atoms with van der Waals surface area (Å²) >= 11 is 0. The molecule has 1 fully saturated rings. The van der Waals surface area contributed by atoms with Crippen molar-refractivity contribution in [2.24, 2.45) is 0 Å². The number of carbonyl (C=O) groups is 1. The molecule has 104 valence electrons. The van der Waals surface area contributed by atoms with Crippen LogP contribution in [0, 0.1) is 6.92 Å². The van der Waals surface area contributed by atoms with E-state index in [0.29, 0.717) is 13.0 Å². The Bertz CT molecular complexity index is 459. The van der Waals surface area contributed by atoms with Gasteiger partial charge in [-0.25, -0.2) is 0 Å². The fourth-order valence-electron chi connectivity index (χ4n) is 2.59. The van der Waals surface area contributed by atoms with Crippen LogP contribution in [0.4, 0.5) is 0 Å². The molecule has 0 spiro atoms. The maximum atomic E-state index is 11.7. The highest BCUT2D eigenvalue weighted by atomic mass is 16.5. The third-order valence-electron chi connectivity index (χ3n) is 3.68. The number of benzene rings is 1. The Hall–Kier alpha value is -1.55. The molecular weight excluding hydrogens is 240 g/mol. The van der Waals surface area contributed by atoms with Gasteiger partial charge in [-0.15, -0.1) is 0 Å². The van der Waals surface area contributed by atoms with Crippen molar-refractivity contribution in [2.45, 2.75) is 25.8 Å². The average Bonchev–Trinajstić information content (AvgIpc) is 2.81. The van der Waals surface area contributed by atoms with Gasteiger partial charge in [-0.1, -0.05) is 17.7 Å². The summed E-state index contributed by atoms with van der Waals surface area (Å²) in [5, 5.41) is 3.29. The van der Waals surface area contributed by atoms with Gasteiger partial charge < -0.3 is 15.0 Å². The molecule has 0 aliphatic carbocycles.